The van der Waals surface area contributed by atoms with E-state index in [1.807, 2.05) is 90.4 Å². The number of carbonyl (C=O) groups excluding carboxylic acids is 1. The van der Waals surface area contributed by atoms with Gasteiger partial charge in [0.25, 0.3) is 0 Å². The van der Waals surface area contributed by atoms with Crippen LogP contribution >= 0.6 is 11.8 Å². The second-order valence-electron chi connectivity index (χ2n) is 7.47. The summed E-state index contributed by atoms with van der Waals surface area (Å²) >= 11 is 1.38. The molecule has 0 bridgehead atoms. The summed E-state index contributed by atoms with van der Waals surface area (Å²) < 4.78 is 7.21. The van der Waals surface area contributed by atoms with Gasteiger partial charge in [-0.15, -0.1) is 10.2 Å². The van der Waals surface area contributed by atoms with Crippen LogP contribution in [-0.2, 0) is 17.9 Å². The van der Waals surface area contributed by atoms with Gasteiger partial charge in [-0.3, -0.25) is 4.79 Å². The van der Waals surface area contributed by atoms with Crippen LogP contribution in [-0.4, -0.2) is 33.5 Å². The first-order chi connectivity index (χ1) is 16.7. The summed E-state index contributed by atoms with van der Waals surface area (Å²) in [6.07, 6.45) is 0. The number of methoxy groups -OCH3 is 1. The Morgan fingerprint density at radius 2 is 1.71 bits per heavy atom. The van der Waals surface area contributed by atoms with E-state index in [1.54, 1.807) is 7.11 Å². The van der Waals surface area contributed by atoms with E-state index in [4.69, 9.17) is 4.74 Å². The van der Waals surface area contributed by atoms with Crippen molar-refractivity contribution in [3.8, 4) is 16.9 Å². The first kappa shape index (κ1) is 23.4. The molecule has 4 aromatic rings. The Morgan fingerprint density at radius 3 is 2.44 bits per heavy atom. The van der Waals surface area contributed by atoms with Gasteiger partial charge in [-0.05, 0) is 42.8 Å². The number of hydrogen-bond donors (Lipinski definition) is 2. The zero-order chi connectivity index (χ0) is 23.8. The van der Waals surface area contributed by atoms with Gasteiger partial charge in [0, 0.05) is 23.5 Å². The van der Waals surface area contributed by atoms with Gasteiger partial charge in [0.2, 0.25) is 5.91 Å². The van der Waals surface area contributed by atoms with Crippen LogP contribution in [0.2, 0.25) is 0 Å². The molecule has 0 unspecified atom stereocenters. The summed E-state index contributed by atoms with van der Waals surface area (Å²) in [5.74, 6) is 1.78. The predicted molar refractivity (Wildman–Crippen MR) is 137 cm³/mol. The minimum Gasteiger partial charge on any atom is -0.497 e. The van der Waals surface area contributed by atoms with Gasteiger partial charge in [-0.1, -0.05) is 60.3 Å². The molecule has 8 heteroatoms. The number of rotatable bonds is 10. The van der Waals surface area contributed by atoms with E-state index in [0.29, 0.717) is 13.1 Å². The number of ether oxygens (including phenoxy) is 1. The van der Waals surface area contributed by atoms with Crippen molar-refractivity contribution in [2.24, 2.45) is 0 Å². The number of aromatic nitrogens is 3. The van der Waals surface area contributed by atoms with E-state index in [1.165, 1.54) is 11.8 Å². The third kappa shape index (κ3) is 5.77. The molecule has 174 valence electrons. The monoisotopic (exact) mass is 473 g/mol. The predicted octanol–water partition coefficient (Wildman–Crippen LogP) is 5.32. The summed E-state index contributed by atoms with van der Waals surface area (Å²) in [6.45, 7) is 3.29. The van der Waals surface area contributed by atoms with E-state index < -0.39 is 0 Å². The number of benzene rings is 3. The first-order valence-corrected chi connectivity index (χ1v) is 12.0. The third-order valence-electron chi connectivity index (χ3n) is 5.27. The van der Waals surface area contributed by atoms with Crippen molar-refractivity contribution in [2.45, 2.75) is 25.2 Å². The van der Waals surface area contributed by atoms with Crippen molar-refractivity contribution in [3.05, 3.63) is 84.7 Å². The topological polar surface area (TPSA) is 81.1 Å². The number of para-hydroxylation sites is 1. The summed E-state index contributed by atoms with van der Waals surface area (Å²) in [5, 5.41) is 15.7. The van der Waals surface area contributed by atoms with Gasteiger partial charge in [-0.25, -0.2) is 0 Å². The normalized spacial score (nSPS) is 10.6. The lowest BCUT2D eigenvalue weighted by molar-refractivity contribution is -0.113. The highest BCUT2D eigenvalue weighted by atomic mass is 32.2. The lowest BCUT2D eigenvalue weighted by Gasteiger charge is -2.12. The minimum atomic E-state index is -0.0862. The fourth-order valence-electron chi connectivity index (χ4n) is 3.54. The highest BCUT2D eigenvalue weighted by Crippen LogP contribution is 2.28. The van der Waals surface area contributed by atoms with Crippen LogP contribution in [0.5, 0.6) is 5.75 Å². The molecule has 0 saturated heterocycles. The van der Waals surface area contributed by atoms with Gasteiger partial charge < -0.3 is 19.9 Å². The zero-order valence-electron chi connectivity index (χ0n) is 19.2. The average molecular weight is 474 g/mol. The van der Waals surface area contributed by atoms with E-state index in [2.05, 4.69) is 20.8 Å². The Bertz CT molecular complexity index is 1230. The molecule has 1 amide bonds. The number of nitrogens with one attached hydrogen (secondary N) is 2. The lowest BCUT2D eigenvalue weighted by atomic mass is 10.0. The summed E-state index contributed by atoms with van der Waals surface area (Å²) in [5.41, 5.74) is 3.81. The molecule has 7 nitrogen and oxygen atoms in total. The van der Waals surface area contributed by atoms with Crippen LogP contribution in [0.25, 0.3) is 11.1 Å². The molecule has 0 aliphatic heterocycles. The van der Waals surface area contributed by atoms with Gasteiger partial charge >= 0.3 is 0 Å². The van der Waals surface area contributed by atoms with Crippen LogP contribution in [0.4, 0.5) is 11.4 Å². The quantitative estimate of drug-likeness (QED) is 0.304. The van der Waals surface area contributed by atoms with Crippen molar-refractivity contribution in [3.63, 3.8) is 0 Å². The Morgan fingerprint density at radius 1 is 0.971 bits per heavy atom. The largest absolute Gasteiger partial charge is 0.497 e. The number of thioether (sulfide) groups is 1. The van der Waals surface area contributed by atoms with E-state index in [9.17, 15) is 4.79 Å². The Hall–Kier alpha value is -3.78. The van der Waals surface area contributed by atoms with Gasteiger partial charge in [0.05, 0.1) is 19.4 Å². The SMILES string of the molecule is CCn1c(CNc2ccc(OC)cc2)nnc1SCC(=O)Nc1ccccc1-c1ccccc1. The van der Waals surface area contributed by atoms with Gasteiger partial charge in [-0.2, -0.15) is 0 Å². The molecule has 0 radical (unpaired) electrons. The number of nitrogens with zero attached hydrogens (tertiary/aromatic N) is 3. The smallest absolute Gasteiger partial charge is 0.234 e. The van der Waals surface area contributed by atoms with Gasteiger partial charge in [0.1, 0.15) is 5.75 Å². The number of hydrogen-bond acceptors (Lipinski definition) is 6. The summed E-state index contributed by atoms with van der Waals surface area (Å²) in [7, 11) is 1.65. The summed E-state index contributed by atoms with van der Waals surface area (Å²) in [6, 6.07) is 25.6. The number of amides is 1. The molecule has 4 rings (SSSR count). The Kier molecular flexibility index (Phi) is 7.83. The van der Waals surface area contributed by atoms with Crippen LogP contribution < -0.4 is 15.4 Å². The van der Waals surface area contributed by atoms with E-state index in [0.717, 1.165) is 39.2 Å². The van der Waals surface area contributed by atoms with Crippen molar-refractivity contribution in [2.75, 3.05) is 23.5 Å². The standard InChI is InChI=1S/C26H27N5O2S/c1-3-31-24(17-27-20-13-15-21(33-2)16-14-20)29-30-26(31)34-18-25(32)28-23-12-8-7-11-22(23)19-9-5-4-6-10-19/h4-16,27H,3,17-18H2,1-2H3,(H,28,32). The average Bonchev–Trinajstić information content (AvgIpc) is 3.29. The van der Waals surface area contributed by atoms with Gasteiger partial charge in [0.15, 0.2) is 11.0 Å². The first-order valence-electron chi connectivity index (χ1n) is 11.0. The second kappa shape index (κ2) is 11.4. The van der Waals surface area contributed by atoms with E-state index in [-0.39, 0.29) is 11.7 Å². The maximum atomic E-state index is 12.7. The molecule has 0 fully saturated rings. The highest BCUT2D eigenvalue weighted by molar-refractivity contribution is 7.99. The molecule has 0 aliphatic rings. The van der Waals surface area contributed by atoms with Crippen molar-refractivity contribution < 1.29 is 9.53 Å². The molecule has 2 N–H and O–H groups in total. The molecule has 0 aliphatic carbocycles. The van der Waals surface area contributed by atoms with E-state index >= 15 is 0 Å². The Balaban J connectivity index is 1.37. The van der Waals surface area contributed by atoms with Crippen LogP contribution in [0.3, 0.4) is 0 Å². The molecular formula is C26H27N5O2S. The zero-order valence-corrected chi connectivity index (χ0v) is 20.0. The molecule has 0 saturated carbocycles. The highest BCUT2D eigenvalue weighted by Gasteiger charge is 2.14. The second-order valence-corrected chi connectivity index (χ2v) is 8.42. The molecule has 3 aromatic carbocycles. The fraction of sp³-hybridized carbons (Fsp3) is 0.192. The third-order valence-corrected chi connectivity index (χ3v) is 6.24. The number of anilines is 2. The van der Waals surface area contributed by atoms with Crippen LogP contribution in [0.15, 0.2) is 84.0 Å². The molecule has 1 heterocycles. The molecular weight excluding hydrogens is 446 g/mol. The fourth-order valence-corrected chi connectivity index (χ4v) is 4.36. The summed E-state index contributed by atoms with van der Waals surface area (Å²) in [4.78, 5) is 12.7. The van der Waals surface area contributed by atoms with Crippen molar-refractivity contribution in [1.29, 1.82) is 0 Å². The number of carbonyl (C=O) groups is 1. The molecule has 34 heavy (non-hydrogen) atoms. The van der Waals surface area contributed by atoms with Crippen molar-refractivity contribution in [1.82, 2.24) is 14.8 Å². The maximum Gasteiger partial charge on any atom is 0.234 e. The Labute approximate surface area is 203 Å². The minimum absolute atomic E-state index is 0.0862. The van der Waals surface area contributed by atoms with Crippen LogP contribution in [0, 0.1) is 0 Å². The molecule has 1 aromatic heterocycles. The lowest BCUT2D eigenvalue weighted by Crippen LogP contribution is -2.15. The van der Waals surface area contributed by atoms with Crippen LogP contribution in [0.1, 0.15) is 12.7 Å². The van der Waals surface area contributed by atoms with Crippen molar-refractivity contribution >= 4 is 29.0 Å². The molecule has 0 spiro atoms. The molecule has 0 atom stereocenters. The maximum absolute atomic E-state index is 12.7.